The quantitative estimate of drug-likeness (QED) is 0.368. The number of methoxy groups -OCH3 is 3. The fraction of sp³-hybridized carbons (Fsp3) is 0.444. The van der Waals surface area contributed by atoms with Crippen LogP contribution in [0, 0.1) is 0 Å². The molecule has 84 valence electrons. The van der Waals surface area contributed by atoms with Crippen molar-refractivity contribution in [1.29, 1.82) is 0 Å². The van der Waals surface area contributed by atoms with E-state index in [-0.39, 0.29) is 12.0 Å². The van der Waals surface area contributed by atoms with Crippen molar-refractivity contribution in [3.63, 3.8) is 0 Å². The topological polar surface area (TPSA) is 78.9 Å². The molecule has 6 nitrogen and oxygen atoms in total. The van der Waals surface area contributed by atoms with Crippen molar-refractivity contribution >= 4 is 17.9 Å². The van der Waals surface area contributed by atoms with E-state index in [1.165, 1.54) is 7.11 Å². The fourth-order valence-corrected chi connectivity index (χ4v) is 0.742. The summed E-state index contributed by atoms with van der Waals surface area (Å²) in [5.74, 6) is -2.15. The van der Waals surface area contributed by atoms with Gasteiger partial charge in [-0.15, -0.1) is 0 Å². The molecule has 0 radical (unpaired) electrons. The van der Waals surface area contributed by atoms with Gasteiger partial charge in [0.25, 0.3) is 0 Å². The first kappa shape index (κ1) is 13.2. The van der Waals surface area contributed by atoms with Gasteiger partial charge in [0, 0.05) is 6.08 Å². The minimum atomic E-state index is -0.772. The molecule has 0 aliphatic carbocycles. The maximum atomic E-state index is 11.1. The first-order chi connectivity index (χ1) is 7.04. The Morgan fingerprint density at radius 3 is 2.00 bits per heavy atom. The molecule has 0 bridgehead atoms. The SMILES string of the molecule is COC(=O)/C=C(/CC(=O)OC)C(=O)OC. The van der Waals surface area contributed by atoms with Gasteiger partial charge in [-0.25, -0.2) is 9.59 Å². The van der Waals surface area contributed by atoms with E-state index in [0.717, 1.165) is 20.3 Å². The Balaban J connectivity index is 4.73. The molecular weight excluding hydrogens is 204 g/mol. The first-order valence-electron chi connectivity index (χ1n) is 3.98. The predicted octanol–water partition coefficient (Wildman–Crippen LogP) is -0.178. The molecule has 15 heavy (non-hydrogen) atoms. The highest BCUT2D eigenvalue weighted by Gasteiger charge is 2.16. The standard InChI is InChI=1S/C9H12O6/c1-13-7(10)4-6(9(12)15-3)5-8(11)14-2/h4H,5H2,1-3H3/b6-4-. The molecule has 0 saturated carbocycles. The summed E-state index contributed by atoms with van der Waals surface area (Å²) in [5, 5.41) is 0. The second-order valence-corrected chi connectivity index (χ2v) is 2.44. The number of carbonyl (C=O) groups is 3. The highest BCUT2D eigenvalue weighted by Crippen LogP contribution is 2.05. The van der Waals surface area contributed by atoms with Crippen molar-refractivity contribution in [3.05, 3.63) is 11.6 Å². The number of carbonyl (C=O) groups excluding carboxylic acids is 3. The minimum absolute atomic E-state index is 0.115. The zero-order valence-corrected chi connectivity index (χ0v) is 8.73. The van der Waals surface area contributed by atoms with Crippen molar-refractivity contribution in [2.75, 3.05) is 21.3 Å². The van der Waals surface area contributed by atoms with Crippen LogP contribution in [0.5, 0.6) is 0 Å². The minimum Gasteiger partial charge on any atom is -0.469 e. The summed E-state index contributed by atoms with van der Waals surface area (Å²) < 4.78 is 13.0. The number of hydrogen-bond donors (Lipinski definition) is 0. The maximum Gasteiger partial charge on any atom is 0.334 e. The summed E-state index contributed by atoms with van der Waals surface area (Å²) in [4.78, 5) is 32.9. The lowest BCUT2D eigenvalue weighted by Crippen LogP contribution is -2.13. The van der Waals surface area contributed by atoms with Crippen molar-refractivity contribution < 1.29 is 28.6 Å². The van der Waals surface area contributed by atoms with Crippen LogP contribution >= 0.6 is 0 Å². The Morgan fingerprint density at radius 1 is 1.00 bits per heavy atom. The van der Waals surface area contributed by atoms with Crippen molar-refractivity contribution in [1.82, 2.24) is 0 Å². The van der Waals surface area contributed by atoms with Crippen LogP contribution in [0.15, 0.2) is 11.6 Å². The Labute approximate surface area is 86.8 Å². The second-order valence-electron chi connectivity index (χ2n) is 2.44. The van der Waals surface area contributed by atoms with Crippen LogP contribution in [0.1, 0.15) is 6.42 Å². The summed E-state index contributed by atoms with van der Waals surface area (Å²) in [6.07, 6.45) is 0.557. The van der Waals surface area contributed by atoms with Gasteiger partial charge in [-0.05, 0) is 0 Å². The zero-order chi connectivity index (χ0) is 11.8. The number of hydrogen-bond acceptors (Lipinski definition) is 6. The van der Waals surface area contributed by atoms with Crippen LogP contribution in [0.3, 0.4) is 0 Å². The molecule has 0 aliphatic rings. The molecule has 0 N–H and O–H groups in total. The number of esters is 3. The van der Waals surface area contributed by atoms with E-state index in [2.05, 4.69) is 14.2 Å². The molecular formula is C9H12O6. The molecule has 0 aromatic rings. The van der Waals surface area contributed by atoms with Gasteiger partial charge in [0.15, 0.2) is 0 Å². The van der Waals surface area contributed by atoms with Crippen molar-refractivity contribution in [2.45, 2.75) is 6.42 Å². The normalized spacial score (nSPS) is 10.5. The monoisotopic (exact) mass is 216 g/mol. The lowest BCUT2D eigenvalue weighted by molar-refractivity contribution is -0.143. The lowest BCUT2D eigenvalue weighted by Gasteiger charge is -2.03. The lowest BCUT2D eigenvalue weighted by atomic mass is 10.2. The predicted molar refractivity (Wildman–Crippen MR) is 48.7 cm³/mol. The van der Waals surface area contributed by atoms with E-state index in [0.29, 0.717) is 0 Å². The van der Waals surface area contributed by atoms with Crippen LogP contribution in [0.4, 0.5) is 0 Å². The summed E-state index contributed by atoms with van der Waals surface area (Å²) in [6.45, 7) is 0. The molecule has 6 heteroatoms. The van der Waals surface area contributed by atoms with Crippen LogP contribution in [0.2, 0.25) is 0 Å². The van der Waals surface area contributed by atoms with Gasteiger partial charge in [-0.3, -0.25) is 4.79 Å². The molecule has 0 fully saturated rings. The maximum absolute atomic E-state index is 11.1. The van der Waals surface area contributed by atoms with Crippen LogP contribution in [0.25, 0.3) is 0 Å². The summed E-state index contributed by atoms with van der Waals surface area (Å²) >= 11 is 0. The third-order valence-electron chi connectivity index (χ3n) is 1.50. The Kier molecular flexibility index (Phi) is 5.77. The van der Waals surface area contributed by atoms with Crippen molar-refractivity contribution in [3.8, 4) is 0 Å². The Bertz CT molecular complexity index is 291. The van der Waals surface area contributed by atoms with E-state index >= 15 is 0 Å². The molecule has 0 rings (SSSR count). The molecule has 0 heterocycles. The summed E-state index contributed by atoms with van der Waals surface area (Å²) in [5.41, 5.74) is -0.115. The third-order valence-corrected chi connectivity index (χ3v) is 1.50. The fourth-order valence-electron chi connectivity index (χ4n) is 0.742. The van der Waals surface area contributed by atoms with Gasteiger partial charge in [-0.2, -0.15) is 0 Å². The molecule has 0 atom stereocenters. The van der Waals surface area contributed by atoms with E-state index in [1.807, 2.05) is 0 Å². The van der Waals surface area contributed by atoms with Gasteiger partial charge in [0.1, 0.15) is 0 Å². The number of rotatable bonds is 4. The average Bonchev–Trinajstić information content (AvgIpc) is 2.26. The van der Waals surface area contributed by atoms with E-state index < -0.39 is 17.9 Å². The second kappa shape index (κ2) is 6.58. The summed E-state index contributed by atoms with van der Waals surface area (Å²) in [6, 6.07) is 0. The Morgan fingerprint density at radius 2 is 1.60 bits per heavy atom. The molecule has 0 saturated heterocycles. The van der Waals surface area contributed by atoms with E-state index in [9.17, 15) is 14.4 Å². The van der Waals surface area contributed by atoms with Gasteiger partial charge in [-0.1, -0.05) is 0 Å². The Hall–Kier alpha value is -1.85. The van der Waals surface area contributed by atoms with Gasteiger partial charge in [0.2, 0.25) is 0 Å². The van der Waals surface area contributed by atoms with Crippen LogP contribution in [-0.4, -0.2) is 39.2 Å². The molecule has 0 aromatic heterocycles. The van der Waals surface area contributed by atoms with Crippen molar-refractivity contribution in [2.24, 2.45) is 0 Å². The average molecular weight is 216 g/mol. The number of ether oxygens (including phenoxy) is 3. The molecule has 0 aliphatic heterocycles. The highest BCUT2D eigenvalue weighted by atomic mass is 16.5. The third kappa shape index (κ3) is 4.80. The first-order valence-corrected chi connectivity index (χ1v) is 3.98. The van der Waals surface area contributed by atoms with E-state index in [4.69, 9.17) is 0 Å². The zero-order valence-electron chi connectivity index (χ0n) is 8.73. The molecule has 0 spiro atoms. The molecule has 0 aromatic carbocycles. The highest BCUT2D eigenvalue weighted by molar-refractivity contribution is 5.99. The van der Waals surface area contributed by atoms with Gasteiger partial charge >= 0.3 is 17.9 Å². The van der Waals surface area contributed by atoms with Crippen LogP contribution in [-0.2, 0) is 28.6 Å². The van der Waals surface area contributed by atoms with E-state index in [1.54, 1.807) is 0 Å². The van der Waals surface area contributed by atoms with Crippen LogP contribution < -0.4 is 0 Å². The van der Waals surface area contributed by atoms with Gasteiger partial charge < -0.3 is 14.2 Å². The largest absolute Gasteiger partial charge is 0.469 e. The molecule has 0 amide bonds. The molecule has 0 unspecified atom stereocenters. The smallest absolute Gasteiger partial charge is 0.334 e. The van der Waals surface area contributed by atoms with Gasteiger partial charge in [0.05, 0.1) is 33.3 Å². The summed E-state index contributed by atoms with van der Waals surface area (Å²) in [7, 11) is 3.48.